The lowest BCUT2D eigenvalue weighted by Gasteiger charge is -2.18. The first-order valence-corrected chi connectivity index (χ1v) is 7.69. The molecule has 4 heterocycles. The van der Waals surface area contributed by atoms with E-state index in [0.717, 1.165) is 12.6 Å². The van der Waals surface area contributed by atoms with E-state index in [1.54, 1.807) is 12.3 Å². The SMILES string of the molecule is FC(F)(F)c1cn2ccnc(N3CCC(Nc4ccncn4)C3)c2n1. The summed E-state index contributed by atoms with van der Waals surface area (Å²) < 4.78 is 40.1. The number of nitrogens with zero attached hydrogens (tertiary/aromatic N) is 6. The molecule has 0 aliphatic carbocycles. The van der Waals surface area contributed by atoms with Crippen LogP contribution in [0, 0.1) is 0 Å². The molecule has 1 fully saturated rings. The number of hydrogen-bond acceptors (Lipinski definition) is 6. The Balaban J connectivity index is 1.57. The molecule has 1 atom stereocenters. The van der Waals surface area contributed by atoms with E-state index in [2.05, 4.69) is 25.3 Å². The van der Waals surface area contributed by atoms with Crippen LogP contribution in [0.4, 0.5) is 24.8 Å². The zero-order chi connectivity index (χ0) is 17.4. The highest BCUT2D eigenvalue weighted by atomic mass is 19.4. The second kappa shape index (κ2) is 5.87. The third-order valence-electron chi connectivity index (χ3n) is 4.07. The van der Waals surface area contributed by atoms with Crippen LogP contribution >= 0.6 is 0 Å². The molecule has 3 aromatic heterocycles. The van der Waals surface area contributed by atoms with Gasteiger partial charge in [-0.2, -0.15) is 13.2 Å². The normalized spacial score (nSPS) is 18.0. The van der Waals surface area contributed by atoms with Crippen LogP contribution in [0.2, 0.25) is 0 Å². The summed E-state index contributed by atoms with van der Waals surface area (Å²) in [7, 11) is 0. The summed E-state index contributed by atoms with van der Waals surface area (Å²) in [6.45, 7) is 1.27. The van der Waals surface area contributed by atoms with Crippen LogP contribution in [-0.2, 0) is 6.18 Å². The zero-order valence-electron chi connectivity index (χ0n) is 13.0. The molecule has 0 spiro atoms. The van der Waals surface area contributed by atoms with Gasteiger partial charge in [-0.05, 0) is 12.5 Å². The van der Waals surface area contributed by atoms with Crippen molar-refractivity contribution < 1.29 is 13.2 Å². The minimum Gasteiger partial charge on any atom is -0.365 e. The summed E-state index contributed by atoms with van der Waals surface area (Å²) in [5.74, 6) is 1.16. The fraction of sp³-hybridized carbons (Fsp3) is 0.333. The number of halogens is 3. The van der Waals surface area contributed by atoms with Gasteiger partial charge in [0.15, 0.2) is 17.2 Å². The first-order valence-electron chi connectivity index (χ1n) is 7.69. The monoisotopic (exact) mass is 349 g/mol. The maximum absolute atomic E-state index is 12.9. The minimum atomic E-state index is -4.48. The van der Waals surface area contributed by atoms with Gasteiger partial charge in [0.05, 0.1) is 0 Å². The van der Waals surface area contributed by atoms with Crippen molar-refractivity contribution in [1.29, 1.82) is 0 Å². The molecule has 1 aliphatic heterocycles. The van der Waals surface area contributed by atoms with Crippen molar-refractivity contribution in [3.05, 3.63) is 42.9 Å². The number of nitrogens with one attached hydrogen (secondary N) is 1. The molecule has 10 heteroatoms. The van der Waals surface area contributed by atoms with Crippen LogP contribution in [0.25, 0.3) is 5.65 Å². The summed E-state index contributed by atoms with van der Waals surface area (Å²) in [6, 6.07) is 1.89. The molecule has 7 nitrogen and oxygen atoms in total. The number of hydrogen-bond donors (Lipinski definition) is 1. The second-order valence-electron chi connectivity index (χ2n) is 5.78. The van der Waals surface area contributed by atoms with E-state index in [1.807, 2.05) is 4.90 Å². The highest BCUT2D eigenvalue weighted by Gasteiger charge is 2.35. The number of anilines is 2. The standard InChI is InChI=1S/C15H14F3N7/c16-15(17,18)11-8-25-6-4-20-13(14(25)23-11)24-5-2-10(7-24)22-12-1-3-19-9-21-12/h1,3-4,6,8-10H,2,5,7H2,(H,19,21,22). The molecule has 0 saturated carbocycles. The lowest BCUT2D eigenvalue weighted by molar-refractivity contribution is -0.140. The molecule has 1 unspecified atom stereocenters. The highest BCUT2D eigenvalue weighted by molar-refractivity contribution is 5.65. The first kappa shape index (κ1) is 15.6. The maximum Gasteiger partial charge on any atom is 0.434 e. The number of imidazole rings is 1. The van der Waals surface area contributed by atoms with Gasteiger partial charge in [0.1, 0.15) is 12.1 Å². The average Bonchev–Trinajstić information content (AvgIpc) is 3.21. The Kier molecular flexibility index (Phi) is 3.66. The van der Waals surface area contributed by atoms with Gasteiger partial charge in [-0.3, -0.25) is 0 Å². The molecule has 130 valence electrons. The van der Waals surface area contributed by atoms with E-state index in [9.17, 15) is 13.2 Å². The van der Waals surface area contributed by atoms with Crippen LogP contribution in [0.3, 0.4) is 0 Å². The van der Waals surface area contributed by atoms with Gasteiger partial charge in [0, 0.05) is 43.9 Å². The fourth-order valence-electron chi connectivity index (χ4n) is 2.92. The maximum atomic E-state index is 12.9. The molecule has 1 saturated heterocycles. The molecule has 1 aliphatic rings. The summed E-state index contributed by atoms with van der Waals surface area (Å²) in [5, 5.41) is 3.29. The van der Waals surface area contributed by atoms with Gasteiger partial charge in [-0.1, -0.05) is 0 Å². The molecular formula is C15H14F3N7. The largest absolute Gasteiger partial charge is 0.434 e. The molecule has 1 N–H and O–H groups in total. The number of rotatable bonds is 3. The van der Waals surface area contributed by atoms with Crippen LogP contribution in [0.15, 0.2) is 37.2 Å². The lowest BCUT2D eigenvalue weighted by Crippen LogP contribution is -2.27. The Hall–Kier alpha value is -2.91. The highest BCUT2D eigenvalue weighted by Crippen LogP contribution is 2.31. The third-order valence-corrected chi connectivity index (χ3v) is 4.07. The molecule has 0 amide bonds. The quantitative estimate of drug-likeness (QED) is 0.782. The molecule has 0 radical (unpaired) electrons. The number of aromatic nitrogens is 5. The zero-order valence-corrected chi connectivity index (χ0v) is 13.0. The van der Waals surface area contributed by atoms with Crippen molar-refractivity contribution in [3.8, 4) is 0 Å². The number of alkyl halides is 3. The van der Waals surface area contributed by atoms with E-state index in [4.69, 9.17) is 0 Å². The third kappa shape index (κ3) is 3.06. The molecule has 0 bridgehead atoms. The fourth-order valence-corrected chi connectivity index (χ4v) is 2.92. The van der Waals surface area contributed by atoms with Gasteiger partial charge < -0.3 is 14.6 Å². The smallest absolute Gasteiger partial charge is 0.365 e. The van der Waals surface area contributed by atoms with Crippen molar-refractivity contribution in [2.45, 2.75) is 18.6 Å². The van der Waals surface area contributed by atoms with Gasteiger partial charge >= 0.3 is 6.18 Å². The number of fused-ring (bicyclic) bond motifs is 1. The Labute approximate surface area is 140 Å². The predicted molar refractivity (Wildman–Crippen MR) is 84.3 cm³/mol. The van der Waals surface area contributed by atoms with Crippen molar-refractivity contribution in [3.63, 3.8) is 0 Å². The van der Waals surface area contributed by atoms with Crippen LogP contribution in [0.1, 0.15) is 12.1 Å². The van der Waals surface area contributed by atoms with Crippen LogP contribution < -0.4 is 10.2 Å². The van der Waals surface area contributed by atoms with Gasteiger partial charge in [-0.25, -0.2) is 19.9 Å². The van der Waals surface area contributed by atoms with Crippen LogP contribution in [0.5, 0.6) is 0 Å². The van der Waals surface area contributed by atoms with E-state index >= 15 is 0 Å². The summed E-state index contributed by atoms with van der Waals surface area (Å²) in [6.07, 6.45) is 3.37. The Morgan fingerprint density at radius 2 is 2.08 bits per heavy atom. The molecular weight excluding hydrogens is 335 g/mol. The molecule has 25 heavy (non-hydrogen) atoms. The van der Waals surface area contributed by atoms with Crippen LogP contribution in [-0.4, -0.2) is 43.5 Å². The van der Waals surface area contributed by atoms with Crippen molar-refractivity contribution in [1.82, 2.24) is 24.3 Å². The van der Waals surface area contributed by atoms with E-state index in [0.29, 0.717) is 24.7 Å². The van der Waals surface area contributed by atoms with Crippen molar-refractivity contribution >= 4 is 17.3 Å². The van der Waals surface area contributed by atoms with Crippen molar-refractivity contribution in [2.24, 2.45) is 0 Å². The summed E-state index contributed by atoms with van der Waals surface area (Å²) in [5.41, 5.74) is -0.714. The Bertz CT molecular complexity index is 878. The predicted octanol–water partition coefficient (Wildman–Crippen LogP) is 2.23. The first-order chi connectivity index (χ1) is 12.0. The van der Waals surface area contributed by atoms with E-state index in [-0.39, 0.29) is 11.7 Å². The second-order valence-corrected chi connectivity index (χ2v) is 5.78. The summed E-state index contributed by atoms with van der Waals surface area (Å²) >= 11 is 0. The molecule has 3 aromatic rings. The van der Waals surface area contributed by atoms with Gasteiger partial charge in [0.25, 0.3) is 0 Å². The van der Waals surface area contributed by atoms with Gasteiger partial charge in [-0.15, -0.1) is 0 Å². The lowest BCUT2D eigenvalue weighted by atomic mass is 10.2. The molecule has 4 rings (SSSR count). The van der Waals surface area contributed by atoms with Crippen molar-refractivity contribution in [2.75, 3.05) is 23.3 Å². The topological polar surface area (TPSA) is 71.2 Å². The van der Waals surface area contributed by atoms with Gasteiger partial charge in [0.2, 0.25) is 0 Å². The van der Waals surface area contributed by atoms with E-state index < -0.39 is 11.9 Å². The minimum absolute atomic E-state index is 0.119. The Morgan fingerprint density at radius 1 is 1.20 bits per heavy atom. The van der Waals surface area contributed by atoms with E-state index in [1.165, 1.54) is 23.1 Å². The Morgan fingerprint density at radius 3 is 2.84 bits per heavy atom. The molecule has 0 aromatic carbocycles. The average molecular weight is 349 g/mol. The summed E-state index contributed by atoms with van der Waals surface area (Å²) in [4.78, 5) is 17.9.